The van der Waals surface area contributed by atoms with E-state index >= 15 is 0 Å². The second-order valence-electron chi connectivity index (χ2n) is 21.3. The first kappa shape index (κ1) is 44.7. The molecule has 0 aliphatic heterocycles. The van der Waals surface area contributed by atoms with Crippen molar-refractivity contribution in [3.63, 3.8) is 0 Å². The molecule has 0 N–H and O–H groups in total. The van der Waals surface area contributed by atoms with Gasteiger partial charge in [0.25, 0.3) is 0 Å². The van der Waals surface area contributed by atoms with E-state index in [0.717, 1.165) is 0 Å². The van der Waals surface area contributed by atoms with Crippen molar-refractivity contribution in [3.8, 4) is 44.8 Å². The van der Waals surface area contributed by atoms with Crippen molar-refractivity contribution >= 4 is 89.5 Å². The summed E-state index contributed by atoms with van der Waals surface area (Å²) in [6.45, 7) is 4.76. The van der Waals surface area contributed by atoms with E-state index in [-0.39, 0.29) is 5.41 Å². The molecule has 362 valence electrons. The van der Waals surface area contributed by atoms with Gasteiger partial charge in [0.05, 0.1) is 33.4 Å². The normalized spacial score (nSPS) is 13.1. The number of fused-ring (bicyclic) bond motifs is 11. The van der Waals surface area contributed by atoms with E-state index in [0.29, 0.717) is 0 Å². The zero-order chi connectivity index (χ0) is 51.2. The Morgan fingerprint density at radius 1 is 0.273 bits per heavy atom. The molecule has 77 heavy (non-hydrogen) atoms. The minimum absolute atomic E-state index is 0.146. The molecule has 2 heterocycles. The summed E-state index contributed by atoms with van der Waals surface area (Å²) in [4.78, 5) is 0. The van der Waals surface area contributed by atoms with Crippen molar-refractivity contribution in [2.75, 3.05) is 0 Å². The topological polar surface area (TPSA) is 9.86 Å². The summed E-state index contributed by atoms with van der Waals surface area (Å²) < 4.78 is 4.84. The van der Waals surface area contributed by atoms with Crippen molar-refractivity contribution in [3.05, 3.63) is 288 Å². The third-order valence-electron chi connectivity index (χ3n) is 16.5. The van der Waals surface area contributed by atoms with Crippen molar-refractivity contribution < 1.29 is 0 Å². The molecule has 12 aromatic carbocycles. The molecule has 2 nitrogen and oxygen atoms in total. The van der Waals surface area contributed by atoms with Gasteiger partial charge in [0.15, 0.2) is 0 Å². The second-order valence-corrected chi connectivity index (χ2v) is 21.3. The smallest absolute Gasteiger partial charge is 0.0541 e. The maximum atomic E-state index is 2.42. The first-order chi connectivity index (χ1) is 37.9. The van der Waals surface area contributed by atoms with Gasteiger partial charge in [-0.25, -0.2) is 0 Å². The number of aromatic nitrogens is 2. The van der Waals surface area contributed by atoms with Crippen LogP contribution in [-0.2, 0) is 5.41 Å². The molecular formula is C75H52N2. The first-order valence-corrected chi connectivity index (χ1v) is 26.8. The fraction of sp³-hybridized carbons (Fsp3) is 0.0400. The lowest BCUT2D eigenvalue weighted by molar-refractivity contribution is 0.661. The van der Waals surface area contributed by atoms with E-state index < -0.39 is 0 Å². The Balaban J connectivity index is 0.657. The maximum Gasteiger partial charge on any atom is 0.0541 e. The lowest BCUT2D eigenvalue weighted by Crippen LogP contribution is -2.15. The number of hydrogen-bond acceptors (Lipinski definition) is 0. The number of para-hydroxylation sites is 2. The standard InChI is InChI=1S/C75H52N2/c1-75(2)67-47-57(53-35-29-49(30-36-53)25-27-51-33-43-73-65(45-51)63-19-7-9-21-71(63)76(73)69-23-11-15-55-13-3-5-17-59(55)69)39-41-61(67)62-42-40-58(48-68(62)75)54-37-31-50(32-38-54)26-28-52-34-44-74-66(46-52)64-20-8-10-22-72(64)77(74)70-24-12-16-56-14-4-6-18-60(56)70/h3-48H,1-2H3/b27-25+,28-26+. The monoisotopic (exact) mass is 980 g/mol. The molecule has 0 unspecified atom stereocenters. The lowest BCUT2D eigenvalue weighted by atomic mass is 9.81. The Morgan fingerprint density at radius 2 is 0.623 bits per heavy atom. The third-order valence-corrected chi connectivity index (χ3v) is 16.5. The van der Waals surface area contributed by atoms with E-state index in [9.17, 15) is 0 Å². The van der Waals surface area contributed by atoms with E-state index in [1.54, 1.807) is 0 Å². The summed E-state index contributed by atoms with van der Waals surface area (Å²) in [5, 5.41) is 10.0. The Bertz CT molecular complexity index is 4430. The van der Waals surface area contributed by atoms with Gasteiger partial charge < -0.3 is 9.13 Å². The summed E-state index contributed by atoms with van der Waals surface area (Å²) in [6, 6.07) is 93.9. The quantitative estimate of drug-likeness (QED) is 0.134. The van der Waals surface area contributed by atoms with Crippen LogP contribution in [0.5, 0.6) is 0 Å². The molecule has 0 fully saturated rings. The summed E-state index contributed by atoms with van der Waals surface area (Å²) in [5.74, 6) is 0. The highest BCUT2D eigenvalue weighted by Crippen LogP contribution is 2.51. The van der Waals surface area contributed by atoms with Crippen LogP contribution in [-0.4, -0.2) is 9.13 Å². The van der Waals surface area contributed by atoms with Gasteiger partial charge in [-0.05, 0) is 138 Å². The minimum Gasteiger partial charge on any atom is -0.309 e. The van der Waals surface area contributed by atoms with E-state index in [2.05, 4.69) is 302 Å². The molecule has 0 amide bonds. The average molecular weight is 981 g/mol. The molecule has 14 aromatic rings. The molecule has 15 rings (SSSR count). The predicted molar refractivity (Wildman–Crippen MR) is 329 cm³/mol. The molecule has 2 aromatic heterocycles. The van der Waals surface area contributed by atoms with Crippen LogP contribution in [0.1, 0.15) is 47.2 Å². The number of rotatable bonds is 8. The summed E-state index contributed by atoms with van der Waals surface area (Å²) in [5.41, 5.74) is 22.2. The first-order valence-electron chi connectivity index (χ1n) is 26.8. The summed E-state index contributed by atoms with van der Waals surface area (Å²) >= 11 is 0. The molecule has 1 aliphatic carbocycles. The zero-order valence-corrected chi connectivity index (χ0v) is 43.0. The summed E-state index contributed by atoms with van der Waals surface area (Å²) in [7, 11) is 0. The van der Waals surface area contributed by atoms with Gasteiger partial charge in [0.1, 0.15) is 0 Å². The van der Waals surface area contributed by atoms with Crippen molar-refractivity contribution in [1.82, 2.24) is 9.13 Å². The Morgan fingerprint density at radius 3 is 1.08 bits per heavy atom. The zero-order valence-electron chi connectivity index (χ0n) is 43.0. The molecule has 0 radical (unpaired) electrons. The van der Waals surface area contributed by atoms with Gasteiger partial charge in [-0.3, -0.25) is 0 Å². The van der Waals surface area contributed by atoms with Crippen LogP contribution in [0.3, 0.4) is 0 Å². The van der Waals surface area contributed by atoms with Gasteiger partial charge in [-0.2, -0.15) is 0 Å². The van der Waals surface area contributed by atoms with Crippen molar-refractivity contribution in [2.45, 2.75) is 19.3 Å². The highest BCUT2D eigenvalue weighted by Gasteiger charge is 2.36. The van der Waals surface area contributed by atoms with Crippen LogP contribution >= 0.6 is 0 Å². The molecule has 0 atom stereocenters. The van der Waals surface area contributed by atoms with Crippen LogP contribution in [0.15, 0.2) is 255 Å². The largest absolute Gasteiger partial charge is 0.309 e. The third kappa shape index (κ3) is 7.40. The van der Waals surface area contributed by atoms with E-state index in [1.165, 1.54) is 143 Å². The highest BCUT2D eigenvalue weighted by atomic mass is 15.0. The molecule has 1 aliphatic rings. The summed E-state index contributed by atoms with van der Waals surface area (Å²) in [6.07, 6.45) is 8.94. The molecule has 0 saturated heterocycles. The second kappa shape index (κ2) is 17.7. The van der Waals surface area contributed by atoms with Crippen molar-refractivity contribution in [2.24, 2.45) is 0 Å². The van der Waals surface area contributed by atoms with Gasteiger partial charge in [-0.1, -0.05) is 232 Å². The lowest BCUT2D eigenvalue weighted by Gasteiger charge is -2.22. The SMILES string of the molecule is CC1(C)c2cc(-c3ccc(/C=C/c4ccc5c(c4)c4ccccc4n5-c4cccc5ccccc45)cc3)ccc2-c2ccc(-c3ccc(/C=C/c4ccc5c(c4)c4ccccc4n5-c4cccc5ccccc45)cc3)cc21. The highest BCUT2D eigenvalue weighted by molar-refractivity contribution is 6.12. The maximum absolute atomic E-state index is 2.42. The Hall–Kier alpha value is -9.76. The van der Waals surface area contributed by atoms with E-state index in [1.807, 2.05) is 0 Å². The Labute approximate surface area is 448 Å². The number of benzene rings is 12. The van der Waals surface area contributed by atoms with Crippen LogP contribution in [0, 0.1) is 0 Å². The Kier molecular flexibility index (Phi) is 10.3. The van der Waals surface area contributed by atoms with Gasteiger partial charge in [-0.15, -0.1) is 0 Å². The molecule has 0 spiro atoms. The van der Waals surface area contributed by atoms with Crippen LogP contribution in [0.25, 0.3) is 134 Å². The average Bonchev–Trinajstić information content (AvgIpc) is 4.21. The fourth-order valence-electron chi connectivity index (χ4n) is 12.6. The van der Waals surface area contributed by atoms with Crippen molar-refractivity contribution in [1.29, 1.82) is 0 Å². The molecule has 0 saturated carbocycles. The van der Waals surface area contributed by atoms with Gasteiger partial charge >= 0.3 is 0 Å². The molecular weight excluding hydrogens is 929 g/mol. The predicted octanol–water partition coefficient (Wildman–Crippen LogP) is 20.2. The number of hydrogen-bond donors (Lipinski definition) is 0. The van der Waals surface area contributed by atoms with Crippen LogP contribution < -0.4 is 0 Å². The van der Waals surface area contributed by atoms with E-state index in [4.69, 9.17) is 0 Å². The van der Waals surface area contributed by atoms with Crippen LogP contribution in [0.2, 0.25) is 0 Å². The van der Waals surface area contributed by atoms with Crippen LogP contribution in [0.4, 0.5) is 0 Å². The van der Waals surface area contributed by atoms with Gasteiger partial charge in [0, 0.05) is 37.7 Å². The van der Waals surface area contributed by atoms with Gasteiger partial charge in [0.2, 0.25) is 0 Å². The molecule has 2 heteroatoms. The minimum atomic E-state index is -0.146. The number of nitrogens with zero attached hydrogens (tertiary/aromatic N) is 2. The fourth-order valence-corrected chi connectivity index (χ4v) is 12.6. The molecule has 0 bridgehead atoms.